The Kier molecular flexibility index (Phi) is 27.9. The monoisotopic (exact) mass is 1950 g/mol. The van der Waals surface area contributed by atoms with E-state index in [1.54, 1.807) is 79.0 Å². The number of aryl methyl sites for hydroxylation is 4. The lowest BCUT2D eigenvalue weighted by molar-refractivity contribution is -0.893. The molecule has 39 nitrogen and oxygen atoms in total. The van der Waals surface area contributed by atoms with Crippen LogP contribution in [0.15, 0.2) is 290 Å². The molecule has 0 amide bonds. The molecule has 0 spiro atoms. The average molecular weight is 1950 g/mol. The number of rotatable bonds is 18. The second kappa shape index (κ2) is 41.7. The summed E-state index contributed by atoms with van der Waals surface area (Å²) in [6, 6.07) is 44.5. The Labute approximate surface area is 837 Å². The van der Waals surface area contributed by atoms with E-state index in [2.05, 4.69) is 117 Å². The zero-order valence-corrected chi connectivity index (χ0v) is 83.2. The quantitative estimate of drug-likeness (QED) is 0.0355. The summed E-state index contributed by atoms with van der Waals surface area (Å²) in [6.45, 7) is 14.4. The molecular formula is C106H119N34O5+. The predicted molar refractivity (Wildman–Crippen MR) is 579 cm³/mol. The number of aliphatic hydroxyl groups is 3. The average Bonchev–Trinajstić information content (AvgIpc) is 1.68. The van der Waals surface area contributed by atoms with Gasteiger partial charge < -0.3 is 97.3 Å². The standard InChI is InChI=1S/C30H35N7O3.C26H29N10.C25H26N10.C25H29N7O2/c1-15-17(3)32-22-13-27(39-6)24(10-19(15)22)34-26-12-21(31)30(37(5)8-9-38)36-29(26)35-25-11-20-16(2)18(4)33-23(20)14-28(25)40-7;1-36(2,3)18-10-13-33(17-18)26-19(27)14-20(30-21-15-28-34-11-6-4-8-23(21)34)25(32-26)31-22-16-29-35-12-7-5-9-24(22)35;1-32(2)17-9-12-33(16-17)25-18(26)13-19(29-20-14-27-34-10-5-3-7-22(20)34)24(31-25)30-21-15-28-35-11-6-4-8-23(21)35;26-20-15-23(29-18-1-3-21-16(13-18)5-7-27-21)24(31-25(20)32(9-11-33)10-12-34)30-19-2-4-22-17(14-19)6-8-28-22/h10-14,32-33,38H,8-9,31H2,1-7H3;4-9,11-12,14-16,18H,10,13,17,27H2,1-3H3;3-8,10-11,13-15,17H,9,12,16,26H2,1-2H3;1-4,13-15,27-28,33-34H,5-12,26H2/q;+1;;. The van der Waals surface area contributed by atoms with Gasteiger partial charge in [0.15, 0.2) is 46.7 Å². The summed E-state index contributed by atoms with van der Waals surface area (Å²) >= 11 is 0. The number of H-pyrrole nitrogens is 2. The van der Waals surface area contributed by atoms with Gasteiger partial charge in [0.1, 0.15) is 74.5 Å². The minimum atomic E-state index is -0.0826. The summed E-state index contributed by atoms with van der Waals surface area (Å²) < 4.78 is 19.5. The molecule has 2 saturated heterocycles. The number of ether oxygens (including phenoxy) is 2. The molecule has 15 N–H and O–H groups in total. The first-order valence-electron chi connectivity index (χ1n) is 48.2. The first kappa shape index (κ1) is 97.0. The van der Waals surface area contributed by atoms with Crippen molar-refractivity contribution in [2.45, 2.75) is 65.5 Å². The lowest BCUT2D eigenvalue weighted by Crippen LogP contribution is -2.47. The lowest BCUT2D eigenvalue weighted by atomic mass is 10.1. The fourth-order valence-corrected chi connectivity index (χ4v) is 18.7. The number of benzene rings is 4. The number of hydrogen-bond donors (Lipinski definition) is 11. The van der Waals surface area contributed by atoms with Crippen LogP contribution in [-0.2, 0) is 12.8 Å². The highest BCUT2D eigenvalue weighted by Crippen LogP contribution is 2.40. The SMILES string of the molecule is CN(C)C1CCN(C2=NC(=Nc3cnn4ccccc34)C(=Nc3cnn4ccccc34)C=C2N)C1.COc1cc2[nH]c(C)c(C)c2cc1N=C1C=C(N)C(N(C)CCO)=NC1=Nc1cc2c(C)c(C)[nH]c2cc1OC.C[N+](C)(C)C1CCN(C2=NC(=Nc3cnn4ccccc34)C(=Nc3cnn4ccccc34)C=C2N)C1.NC1=CC(=Nc2ccc3c(c2)CCN3)C(=Nc2ccc3c(c2)CCN3)N=C1N(CCO)CCO. The second-order valence-corrected chi connectivity index (χ2v) is 37.5. The molecule has 0 radical (unpaired) electrons. The van der Waals surface area contributed by atoms with Crippen molar-refractivity contribution < 1.29 is 29.3 Å². The van der Waals surface area contributed by atoms with Crippen molar-refractivity contribution in [2.75, 3.05) is 146 Å². The number of hydrogen-bond acceptors (Lipinski definition) is 28. The number of quaternary nitrogens is 1. The number of aromatic amines is 2. The molecule has 2 unspecified atom stereocenters. The summed E-state index contributed by atoms with van der Waals surface area (Å²) in [7, 11) is 16.0. The molecule has 18 heterocycles. The van der Waals surface area contributed by atoms with Crippen LogP contribution in [0.5, 0.6) is 11.5 Å². The van der Waals surface area contributed by atoms with Gasteiger partial charge in [0, 0.05) is 153 Å². The summed E-state index contributed by atoms with van der Waals surface area (Å²) in [5.74, 6) is 5.47. The topological polar surface area (TPSA) is 473 Å². The molecule has 22 rings (SSSR count). The zero-order chi connectivity index (χ0) is 101. The first-order chi connectivity index (χ1) is 70.2. The molecule has 0 bridgehead atoms. The van der Waals surface area contributed by atoms with Crippen LogP contribution >= 0.6 is 0 Å². The van der Waals surface area contributed by atoms with E-state index in [4.69, 9.17) is 92.3 Å². The third-order valence-corrected chi connectivity index (χ3v) is 26.9. The van der Waals surface area contributed by atoms with E-state index in [0.29, 0.717) is 135 Å². The Morgan fingerprint density at radius 1 is 0.434 bits per heavy atom. The molecule has 39 heteroatoms. The molecule has 2 atom stereocenters. The third kappa shape index (κ3) is 20.7. The third-order valence-electron chi connectivity index (χ3n) is 26.9. The fourth-order valence-electron chi connectivity index (χ4n) is 18.7. The van der Waals surface area contributed by atoms with Crippen LogP contribution in [0.3, 0.4) is 0 Å². The van der Waals surface area contributed by atoms with E-state index in [9.17, 15) is 15.3 Å². The number of methoxy groups -OCH3 is 2. The number of dihydropyridines is 4. The van der Waals surface area contributed by atoms with Crippen molar-refractivity contribution in [1.29, 1.82) is 0 Å². The number of aromatic nitrogens is 10. The second-order valence-electron chi connectivity index (χ2n) is 37.5. The minimum absolute atomic E-state index is 0.0422. The molecule has 2 fully saturated rings. The van der Waals surface area contributed by atoms with Crippen LogP contribution < -0.4 is 43.0 Å². The number of aliphatic imine (C=N–C) groups is 12. The van der Waals surface area contributed by atoms with Crippen LogP contribution in [0.1, 0.15) is 46.5 Å². The van der Waals surface area contributed by atoms with Crippen LogP contribution in [-0.4, -0.2) is 310 Å². The number of likely N-dealkylation sites (N-methyl/N-ethyl adjacent to an activating group) is 3. The molecule has 0 aliphatic carbocycles. The van der Waals surface area contributed by atoms with E-state index < -0.39 is 0 Å². The summed E-state index contributed by atoms with van der Waals surface area (Å²) in [4.78, 5) is 75.8. The van der Waals surface area contributed by atoms with Crippen LogP contribution in [0.4, 0.5) is 56.9 Å². The number of likely N-dealkylation sites (tertiary alicyclic amines) is 2. The molecular weight excluding hydrogens is 1830 g/mol. The van der Waals surface area contributed by atoms with E-state index >= 15 is 0 Å². The van der Waals surface area contributed by atoms with Crippen molar-refractivity contribution >= 4 is 170 Å². The fraction of sp³-hybridized carbons (Fsp3) is 0.283. The number of nitrogens with zero attached hydrogens (tertiary/aromatic N) is 26. The Balaban J connectivity index is 0.000000122. The minimum Gasteiger partial charge on any atom is -0.494 e. The van der Waals surface area contributed by atoms with Crippen molar-refractivity contribution in [3.05, 3.63) is 264 Å². The van der Waals surface area contributed by atoms with Gasteiger partial charge in [0.05, 0.1) is 143 Å². The summed E-state index contributed by atoms with van der Waals surface area (Å²) in [6.07, 6.45) is 25.9. The van der Waals surface area contributed by atoms with Crippen molar-refractivity contribution in [1.82, 2.24) is 72.9 Å². The number of anilines is 2. The van der Waals surface area contributed by atoms with Gasteiger partial charge in [-0.2, -0.15) is 20.4 Å². The highest BCUT2D eigenvalue weighted by atomic mass is 16.5. The van der Waals surface area contributed by atoms with E-state index in [1.807, 2.05) is 179 Å². The number of amidine groups is 8. The van der Waals surface area contributed by atoms with Crippen LogP contribution in [0.25, 0.3) is 43.9 Å². The van der Waals surface area contributed by atoms with Crippen molar-refractivity contribution in [2.24, 2.45) is 82.8 Å². The number of pyridine rings is 4. The van der Waals surface area contributed by atoms with Gasteiger partial charge >= 0.3 is 0 Å². The maximum absolute atomic E-state index is 9.52. The molecule has 4 aromatic carbocycles. The van der Waals surface area contributed by atoms with Crippen LogP contribution in [0.2, 0.25) is 0 Å². The smallest absolute Gasteiger partial charge is 0.181 e. The van der Waals surface area contributed by atoms with Gasteiger partial charge in [0.2, 0.25) is 0 Å². The lowest BCUT2D eigenvalue weighted by Gasteiger charge is -2.32. The zero-order valence-electron chi connectivity index (χ0n) is 83.2. The number of fused-ring (bicyclic) bond motifs is 8. The highest BCUT2D eigenvalue weighted by molar-refractivity contribution is 6.53. The number of nitrogens with two attached hydrogens (primary N) is 4. The maximum atomic E-state index is 9.52. The van der Waals surface area contributed by atoms with Crippen molar-refractivity contribution in [3.63, 3.8) is 0 Å². The van der Waals surface area contributed by atoms with Gasteiger partial charge in [-0.25, -0.2) is 78.0 Å². The van der Waals surface area contributed by atoms with Gasteiger partial charge in [-0.15, -0.1) is 0 Å². The number of aliphatic hydroxyl groups excluding tert-OH is 3. The first-order valence-corrected chi connectivity index (χ1v) is 48.2. The Bertz CT molecular complexity index is 7910. The Morgan fingerprint density at radius 3 is 1.27 bits per heavy atom. The van der Waals surface area contributed by atoms with E-state index in [-0.39, 0.29) is 19.8 Å². The molecule has 8 aliphatic heterocycles. The van der Waals surface area contributed by atoms with Gasteiger partial charge in [0.25, 0.3) is 0 Å². The summed E-state index contributed by atoms with van der Waals surface area (Å²) in [5.41, 5.74) is 50.7. The molecule has 8 aliphatic rings. The highest BCUT2D eigenvalue weighted by Gasteiger charge is 2.37. The van der Waals surface area contributed by atoms with Gasteiger partial charge in [-0.05, 0) is 205 Å². The molecule has 10 aromatic heterocycles. The van der Waals surface area contributed by atoms with E-state index in [0.717, 1.165) is 193 Å². The maximum Gasteiger partial charge on any atom is 0.181 e. The Morgan fingerprint density at radius 2 is 0.828 bits per heavy atom. The van der Waals surface area contributed by atoms with Crippen molar-refractivity contribution in [3.8, 4) is 11.5 Å². The predicted octanol–water partition coefficient (Wildman–Crippen LogP) is 12.3. The molecule has 0 saturated carbocycles. The Hall–Kier alpha value is -16.9. The molecule has 145 heavy (non-hydrogen) atoms. The van der Waals surface area contributed by atoms with Gasteiger partial charge in [-0.3, -0.25) is 0 Å². The number of nitrogens with one attached hydrogen (secondary N) is 4. The van der Waals surface area contributed by atoms with Crippen LogP contribution in [0, 0.1) is 27.7 Å². The largest absolute Gasteiger partial charge is 0.494 e. The summed E-state index contributed by atoms with van der Waals surface area (Å²) in [5, 5.41) is 55.0. The molecule has 14 aromatic rings. The van der Waals surface area contributed by atoms with Gasteiger partial charge in [-0.1, -0.05) is 24.3 Å². The van der Waals surface area contributed by atoms with E-state index in [1.165, 1.54) is 11.1 Å². The molecule has 742 valence electrons. The normalized spacial score (nSPS) is 19.0.